The third-order valence-electron chi connectivity index (χ3n) is 1.95. The molecule has 0 aliphatic rings. The Morgan fingerprint density at radius 2 is 2.14 bits per heavy atom. The minimum absolute atomic E-state index is 0.00697. The third-order valence-corrected chi connectivity index (χ3v) is 3.38. The van der Waals surface area contributed by atoms with E-state index in [2.05, 4.69) is 0 Å². The fourth-order valence-corrected chi connectivity index (χ4v) is 2.09. The van der Waals surface area contributed by atoms with Gasteiger partial charge in [0.25, 0.3) is 0 Å². The van der Waals surface area contributed by atoms with Crippen molar-refractivity contribution in [2.24, 2.45) is 5.73 Å². The normalized spacial score (nSPS) is 14.0. The number of aliphatic hydroxyl groups is 1. The predicted octanol–water partition coefficient (Wildman–Crippen LogP) is 0.683. The van der Waals surface area contributed by atoms with E-state index >= 15 is 0 Å². The van der Waals surface area contributed by atoms with Gasteiger partial charge in [-0.1, -0.05) is 13.8 Å². The maximum Gasteiger partial charge on any atom is 0.320 e. The molecule has 0 saturated heterocycles. The molecule has 0 fully saturated rings. The zero-order valence-corrected chi connectivity index (χ0v) is 9.51. The summed E-state index contributed by atoms with van der Waals surface area (Å²) in [6.45, 7) is 4.21. The lowest BCUT2D eigenvalue weighted by atomic mass is 10.1. The summed E-state index contributed by atoms with van der Waals surface area (Å²) in [6.07, 6.45) is 1.18. The molecular formula is C9H19NO3S. The number of thioether (sulfide) groups is 1. The predicted molar refractivity (Wildman–Crippen MR) is 58.5 cm³/mol. The molecule has 0 aromatic rings. The van der Waals surface area contributed by atoms with E-state index in [1.165, 1.54) is 0 Å². The molecule has 0 aromatic carbocycles. The number of hydrogen-bond acceptors (Lipinski definition) is 4. The number of carbonyl (C=O) groups is 1. The highest BCUT2D eigenvalue weighted by Crippen LogP contribution is 2.28. The van der Waals surface area contributed by atoms with Crippen molar-refractivity contribution < 1.29 is 15.0 Å². The van der Waals surface area contributed by atoms with Gasteiger partial charge in [-0.05, 0) is 18.6 Å². The number of carboxylic acid groups (broad SMARTS) is 1. The van der Waals surface area contributed by atoms with E-state index in [0.717, 1.165) is 0 Å². The van der Waals surface area contributed by atoms with Crippen LogP contribution >= 0.6 is 11.8 Å². The molecule has 0 rings (SSSR count). The van der Waals surface area contributed by atoms with Crippen LogP contribution in [-0.4, -0.2) is 39.3 Å². The molecule has 5 heteroatoms. The minimum Gasteiger partial charge on any atom is -0.480 e. The van der Waals surface area contributed by atoms with Crippen molar-refractivity contribution in [1.82, 2.24) is 0 Å². The van der Waals surface area contributed by atoms with E-state index in [-0.39, 0.29) is 11.4 Å². The van der Waals surface area contributed by atoms with Gasteiger partial charge in [0.1, 0.15) is 6.04 Å². The van der Waals surface area contributed by atoms with Gasteiger partial charge in [0.05, 0.1) is 0 Å². The van der Waals surface area contributed by atoms with Gasteiger partial charge < -0.3 is 15.9 Å². The molecule has 0 saturated carbocycles. The Bertz CT molecular complexity index is 185. The van der Waals surface area contributed by atoms with Crippen LogP contribution in [0.25, 0.3) is 0 Å². The van der Waals surface area contributed by atoms with Crippen LogP contribution in [0, 0.1) is 0 Å². The number of rotatable bonds is 7. The Hall–Kier alpha value is -0.260. The van der Waals surface area contributed by atoms with Crippen molar-refractivity contribution in [3.63, 3.8) is 0 Å². The van der Waals surface area contributed by atoms with Gasteiger partial charge in [-0.15, -0.1) is 0 Å². The van der Waals surface area contributed by atoms with Crippen LogP contribution in [0.5, 0.6) is 0 Å². The lowest BCUT2D eigenvalue weighted by molar-refractivity contribution is -0.138. The fraction of sp³-hybridized carbons (Fsp3) is 0.889. The highest BCUT2D eigenvalue weighted by molar-refractivity contribution is 8.00. The van der Waals surface area contributed by atoms with Crippen molar-refractivity contribution in [1.29, 1.82) is 0 Å². The largest absolute Gasteiger partial charge is 0.480 e. The summed E-state index contributed by atoms with van der Waals surface area (Å²) < 4.78 is -0.00697. The van der Waals surface area contributed by atoms with E-state index in [4.69, 9.17) is 15.9 Å². The van der Waals surface area contributed by atoms with E-state index in [0.29, 0.717) is 18.6 Å². The topological polar surface area (TPSA) is 83.5 Å². The second-order valence-electron chi connectivity index (χ2n) is 3.82. The van der Waals surface area contributed by atoms with Crippen molar-refractivity contribution >= 4 is 17.7 Å². The van der Waals surface area contributed by atoms with Gasteiger partial charge >= 0.3 is 5.97 Å². The Morgan fingerprint density at radius 1 is 1.57 bits per heavy atom. The van der Waals surface area contributed by atoms with Crippen LogP contribution in [0.15, 0.2) is 0 Å². The molecule has 84 valence electrons. The lowest BCUT2D eigenvalue weighted by Gasteiger charge is -2.23. The molecule has 1 atom stereocenters. The number of carboxylic acids is 1. The fourth-order valence-electron chi connectivity index (χ4n) is 0.927. The number of aliphatic carboxylic acids is 1. The standard InChI is InChI=1S/C9H19NO3S/c1-9(2,4-5-11)14-6-3-7(10)8(12)13/h7,11H,3-6,10H2,1-2H3,(H,12,13)/t7-/m1/s1. The van der Waals surface area contributed by atoms with Gasteiger partial charge in [0, 0.05) is 11.4 Å². The summed E-state index contributed by atoms with van der Waals surface area (Å²) in [5, 5.41) is 17.3. The van der Waals surface area contributed by atoms with Crippen LogP contribution in [-0.2, 0) is 4.79 Å². The summed E-state index contributed by atoms with van der Waals surface area (Å²) in [7, 11) is 0. The highest BCUT2D eigenvalue weighted by atomic mass is 32.2. The second-order valence-corrected chi connectivity index (χ2v) is 5.62. The van der Waals surface area contributed by atoms with Crippen molar-refractivity contribution in [2.45, 2.75) is 37.5 Å². The SMILES string of the molecule is CC(C)(CCO)SCC[C@@H](N)C(=O)O. The van der Waals surface area contributed by atoms with Crippen molar-refractivity contribution in [2.75, 3.05) is 12.4 Å². The van der Waals surface area contributed by atoms with Gasteiger partial charge in [-0.2, -0.15) is 11.8 Å². The van der Waals surface area contributed by atoms with Crippen molar-refractivity contribution in [3.8, 4) is 0 Å². The minimum atomic E-state index is -0.953. The molecule has 0 aromatic heterocycles. The number of aliphatic hydroxyl groups excluding tert-OH is 1. The van der Waals surface area contributed by atoms with Crippen LogP contribution in [0.1, 0.15) is 26.7 Å². The Kier molecular flexibility index (Phi) is 6.15. The first-order chi connectivity index (χ1) is 6.39. The van der Waals surface area contributed by atoms with Crippen LogP contribution in [0.4, 0.5) is 0 Å². The highest BCUT2D eigenvalue weighted by Gasteiger charge is 2.19. The van der Waals surface area contributed by atoms with E-state index in [1.807, 2.05) is 13.8 Å². The first kappa shape index (κ1) is 13.7. The zero-order chi connectivity index (χ0) is 11.2. The number of hydrogen-bond donors (Lipinski definition) is 3. The first-order valence-corrected chi connectivity index (χ1v) is 5.61. The zero-order valence-electron chi connectivity index (χ0n) is 8.69. The summed E-state index contributed by atoms with van der Waals surface area (Å²) in [6, 6.07) is -0.771. The quantitative estimate of drug-likeness (QED) is 0.589. The summed E-state index contributed by atoms with van der Waals surface area (Å²) >= 11 is 1.65. The van der Waals surface area contributed by atoms with E-state index in [9.17, 15) is 4.79 Å². The molecule has 4 nitrogen and oxygen atoms in total. The molecule has 0 heterocycles. The average Bonchev–Trinajstić information content (AvgIpc) is 2.03. The maximum absolute atomic E-state index is 10.4. The molecule has 0 radical (unpaired) electrons. The maximum atomic E-state index is 10.4. The third kappa shape index (κ3) is 6.23. The molecular weight excluding hydrogens is 202 g/mol. The van der Waals surface area contributed by atoms with E-state index < -0.39 is 12.0 Å². The number of nitrogens with two attached hydrogens (primary N) is 1. The van der Waals surface area contributed by atoms with Crippen LogP contribution in [0.3, 0.4) is 0 Å². The van der Waals surface area contributed by atoms with E-state index in [1.54, 1.807) is 11.8 Å². The summed E-state index contributed by atoms with van der Waals surface area (Å²) in [5.74, 6) is -0.244. The molecule has 0 unspecified atom stereocenters. The molecule has 14 heavy (non-hydrogen) atoms. The molecule has 0 aliphatic carbocycles. The molecule has 0 amide bonds. The average molecular weight is 221 g/mol. The van der Waals surface area contributed by atoms with Crippen molar-refractivity contribution in [3.05, 3.63) is 0 Å². The summed E-state index contributed by atoms with van der Waals surface area (Å²) in [5.41, 5.74) is 5.36. The molecule has 0 aliphatic heterocycles. The monoisotopic (exact) mass is 221 g/mol. The first-order valence-electron chi connectivity index (χ1n) is 4.62. The smallest absolute Gasteiger partial charge is 0.320 e. The molecule has 4 N–H and O–H groups in total. The van der Waals surface area contributed by atoms with Crippen LogP contribution < -0.4 is 5.73 Å². The van der Waals surface area contributed by atoms with Gasteiger partial charge in [0.2, 0.25) is 0 Å². The Labute approximate surface area is 88.9 Å². The summed E-state index contributed by atoms with van der Waals surface area (Å²) in [4.78, 5) is 10.4. The Morgan fingerprint density at radius 3 is 2.57 bits per heavy atom. The lowest BCUT2D eigenvalue weighted by Crippen LogP contribution is -2.31. The van der Waals surface area contributed by atoms with Crippen LogP contribution in [0.2, 0.25) is 0 Å². The van der Waals surface area contributed by atoms with Gasteiger partial charge in [-0.25, -0.2) is 0 Å². The Balaban J connectivity index is 3.67. The molecule has 0 spiro atoms. The van der Waals surface area contributed by atoms with Gasteiger partial charge in [0.15, 0.2) is 0 Å². The second kappa shape index (κ2) is 6.27. The van der Waals surface area contributed by atoms with Gasteiger partial charge in [-0.3, -0.25) is 4.79 Å². The molecule has 0 bridgehead atoms.